The largest absolute Gasteiger partial charge is 0.361 e. The van der Waals surface area contributed by atoms with Crippen molar-refractivity contribution in [1.29, 1.82) is 0 Å². The highest BCUT2D eigenvalue weighted by molar-refractivity contribution is 6.31. The lowest BCUT2D eigenvalue weighted by atomic mass is 10.0. The Morgan fingerprint density at radius 2 is 2.08 bits per heavy atom. The molecule has 1 N–H and O–H groups in total. The van der Waals surface area contributed by atoms with Crippen molar-refractivity contribution in [2.24, 2.45) is 0 Å². The molecule has 1 aromatic heterocycles. The first-order valence-electron chi connectivity index (χ1n) is 4.45. The molecule has 0 aliphatic rings. The van der Waals surface area contributed by atoms with Crippen LogP contribution in [0.2, 0.25) is 5.02 Å². The molecule has 0 bridgehead atoms. The Bertz CT molecular complexity index is 429. The van der Waals surface area contributed by atoms with Gasteiger partial charge in [0.1, 0.15) is 0 Å². The van der Waals surface area contributed by atoms with E-state index >= 15 is 0 Å². The van der Waals surface area contributed by atoms with Crippen LogP contribution in [0.4, 0.5) is 0 Å². The lowest BCUT2D eigenvalue weighted by Crippen LogP contribution is -1.82. The van der Waals surface area contributed by atoms with Crippen LogP contribution in [-0.4, -0.2) is 4.98 Å². The van der Waals surface area contributed by atoms with Gasteiger partial charge in [-0.2, -0.15) is 0 Å². The quantitative estimate of drug-likeness (QED) is 0.706. The van der Waals surface area contributed by atoms with Crippen molar-refractivity contribution in [3.63, 3.8) is 0 Å². The number of hydrogen-bond acceptors (Lipinski definition) is 0. The minimum absolute atomic E-state index is 0.551. The molecule has 0 fully saturated rings. The molecule has 0 aliphatic carbocycles. The molecule has 0 atom stereocenters. The Hall–Kier alpha value is -0.950. The average molecular weight is 194 g/mol. The summed E-state index contributed by atoms with van der Waals surface area (Å²) in [6.45, 7) is 4.38. The Morgan fingerprint density at radius 3 is 2.77 bits per heavy atom. The number of H-pyrrole nitrogens is 1. The highest BCUT2D eigenvalue weighted by atomic mass is 35.5. The Morgan fingerprint density at radius 1 is 1.31 bits per heavy atom. The molecule has 2 aromatic rings. The molecule has 0 saturated carbocycles. The lowest BCUT2D eigenvalue weighted by molar-refractivity contribution is 0.875. The van der Waals surface area contributed by atoms with Crippen LogP contribution in [0.5, 0.6) is 0 Å². The third-order valence-electron chi connectivity index (χ3n) is 2.30. The first-order chi connectivity index (χ1) is 6.18. The molecular formula is C11H12ClN. The smallest absolute Gasteiger partial charge is 0.0471 e. The molecule has 0 unspecified atom stereocenters. The number of aromatic amines is 1. The maximum atomic E-state index is 5.89. The van der Waals surface area contributed by atoms with E-state index in [2.05, 4.69) is 31.1 Å². The van der Waals surface area contributed by atoms with Crippen LogP contribution in [0, 0.1) is 0 Å². The fourth-order valence-corrected chi connectivity index (χ4v) is 1.77. The normalized spacial score (nSPS) is 11.4. The van der Waals surface area contributed by atoms with Crippen LogP contribution in [0.25, 0.3) is 10.9 Å². The predicted octanol–water partition coefficient (Wildman–Crippen LogP) is 3.94. The van der Waals surface area contributed by atoms with Crippen molar-refractivity contribution in [2.45, 2.75) is 19.8 Å². The van der Waals surface area contributed by atoms with Crippen LogP contribution in [-0.2, 0) is 0 Å². The SMILES string of the molecule is CC(C)c1c[nH]c2cc(Cl)ccc12. The van der Waals surface area contributed by atoms with E-state index in [9.17, 15) is 0 Å². The fraction of sp³-hybridized carbons (Fsp3) is 0.273. The van der Waals surface area contributed by atoms with Crippen molar-refractivity contribution >= 4 is 22.5 Å². The van der Waals surface area contributed by atoms with E-state index in [0.29, 0.717) is 5.92 Å². The minimum atomic E-state index is 0.551. The minimum Gasteiger partial charge on any atom is -0.361 e. The molecule has 1 nitrogen and oxygen atoms in total. The van der Waals surface area contributed by atoms with Gasteiger partial charge in [0.05, 0.1) is 0 Å². The van der Waals surface area contributed by atoms with Crippen molar-refractivity contribution in [3.8, 4) is 0 Å². The summed E-state index contributed by atoms with van der Waals surface area (Å²) in [5.74, 6) is 0.551. The molecule has 13 heavy (non-hydrogen) atoms. The van der Waals surface area contributed by atoms with E-state index < -0.39 is 0 Å². The van der Waals surface area contributed by atoms with Crippen LogP contribution >= 0.6 is 11.6 Å². The molecule has 0 aliphatic heterocycles. The second-order valence-corrected chi connectivity index (χ2v) is 4.03. The average Bonchev–Trinajstić information content (AvgIpc) is 2.46. The Labute approximate surface area is 82.7 Å². The molecular weight excluding hydrogens is 182 g/mol. The molecule has 68 valence electrons. The van der Waals surface area contributed by atoms with Crippen LogP contribution in [0.1, 0.15) is 25.3 Å². The van der Waals surface area contributed by atoms with Gasteiger partial charge in [-0.3, -0.25) is 0 Å². The van der Waals surface area contributed by atoms with E-state index in [1.165, 1.54) is 10.9 Å². The summed E-state index contributed by atoms with van der Waals surface area (Å²) < 4.78 is 0. The maximum absolute atomic E-state index is 5.89. The number of rotatable bonds is 1. The molecule has 0 amide bonds. The Balaban J connectivity index is 2.69. The number of aromatic nitrogens is 1. The summed E-state index contributed by atoms with van der Waals surface area (Å²) >= 11 is 5.89. The Kier molecular flexibility index (Phi) is 2.04. The van der Waals surface area contributed by atoms with E-state index in [4.69, 9.17) is 11.6 Å². The van der Waals surface area contributed by atoms with E-state index in [-0.39, 0.29) is 0 Å². The number of nitrogens with one attached hydrogen (secondary N) is 1. The first kappa shape index (κ1) is 8.64. The molecule has 0 saturated heterocycles. The van der Waals surface area contributed by atoms with Crippen LogP contribution < -0.4 is 0 Å². The molecule has 1 aromatic carbocycles. The zero-order valence-electron chi connectivity index (χ0n) is 7.76. The van der Waals surface area contributed by atoms with Gasteiger partial charge in [0.2, 0.25) is 0 Å². The zero-order chi connectivity index (χ0) is 9.42. The van der Waals surface area contributed by atoms with Crippen molar-refractivity contribution in [2.75, 3.05) is 0 Å². The summed E-state index contributed by atoms with van der Waals surface area (Å²) in [6, 6.07) is 5.97. The zero-order valence-corrected chi connectivity index (χ0v) is 8.52. The van der Waals surface area contributed by atoms with E-state index in [1.807, 2.05) is 12.1 Å². The summed E-state index contributed by atoms with van der Waals surface area (Å²) in [5.41, 5.74) is 2.47. The van der Waals surface area contributed by atoms with Gasteiger partial charge < -0.3 is 4.98 Å². The van der Waals surface area contributed by atoms with E-state index in [0.717, 1.165) is 10.5 Å². The van der Waals surface area contributed by atoms with Crippen LogP contribution in [0.3, 0.4) is 0 Å². The van der Waals surface area contributed by atoms with Crippen LogP contribution in [0.15, 0.2) is 24.4 Å². The number of fused-ring (bicyclic) bond motifs is 1. The van der Waals surface area contributed by atoms with E-state index in [1.54, 1.807) is 0 Å². The van der Waals surface area contributed by atoms with Crippen molar-refractivity contribution < 1.29 is 0 Å². The standard InChI is InChI=1S/C11H12ClN/c1-7(2)10-6-13-11-5-8(12)3-4-9(10)11/h3-7,13H,1-2H3. The van der Waals surface area contributed by atoms with Gasteiger partial charge in [-0.05, 0) is 23.6 Å². The van der Waals surface area contributed by atoms with Gasteiger partial charge in [-0.1, -0.05) is 31.5 Å². The summed E-state index contributed by atoms with van der Waals surface area (Å²) in [4.78, 5) is 3.23. The first-order valence-corrected chi connectivity index (χ1v) is 4.83. The van der Waals surface area contributed by atoms with Gasteiger partial charge in [-0.15, -0.1) is 0 Å². The summed E-state index contributed by atoms with van der Waals surface area (Å²) in [7, 11) is 0. The van der Waals surface area contributed by atoms with Crippen molar-refractivity contribution in [3.05, 3.63) is 35.0 Å². The molecule has 0 spiro atoms. The highest BCUT2D eigenvalue weighted by Crippen LogP contribution is 2.26. The summed E-state index contributed by atoms with van der Waals surface area (Å²) in [6.07, 6.45) is 2.06. The van der Waals surface area contributed by atoms with Crippen molar-refractivity contribution in [1.82, 2.24) is 4.98 Å². The highest BCUT2D eigenvalue weighted by Gasteiger charge is 2.06. The second kappa shape index (κ2) is 3.08. The lowest BCUT2D eigenvalue weighted by Gasteiger charge is -2.01. The molecule has 2 heteroatoms. The molecule has 2 rings (SSSR count). The topological polar surface area (TPSA) is 15.8 Å². The molecule has 1 heterocycles. The van der Waals surface area contributed by atoms with Gasteiger partial charge in [0.15, 0.2) is 0 Å². The van der Waals surface area contributed by atoms with Gasteiger partial charge in [-0.25, -0.2) is 0 Å². The maximum Gasteiger partial charge on any atom is 0.0471 e. The third-order valence-corrected chi connectivity index (χ3v) is 2.53. The number of benzene rings is 1. The predicted molar refractivity (Wildman–Crippen MR) is 57.4 cm³/mol. The monoisotopic (exact) mass is 193 g/mol. The van der Waals surface area contributed by atoms with Gasteiger partial charge in [0.25, 0.3) is 0 Å². The third kappa shape index (κ3) is 1.44. The summed E-state index contributed by atoms with van der Waals surface area (Å²) in [5, 5.41) is 2.06. The second-order valence-electron chi connectivity index (χ2n) is 3.59. The van der Waals surface area contributed by atoms with Gasteiger partial charge in [0, 0.05) is 22.1 Å². The number of halogens is 1. The molecule has 0 radical (unpaired) electrons. The fourth-order valence-electron chi connectivity index (χ4n) is 1.60. The number of hydrogen-bond donors (Lipinski definition) is 1. The van der Waals surface area contributed by atoms with Gasteiger partial charge >= 0.3 is 0 Å².